The molecule has 1 aromatic carbocycles. The van der Waals surface area contributed by atoms with E-state index in [1.807, 2.05) is 0 Å². The molecule has 0 radical (unpaired) electrons. The van der Waals surface area contributed by atoms with Crippen LogP contribution in [0, 0.1) is 16.0 Å². The van der Waals surface area contributed by atoms with Crippen molar-refractivity contribution in [2.45, 2.75) is 20.3 Å². The third-order valence-electron chi connectivity index (χ3n) is 3.11. The van der Waals surface area contributed by atoms with Crippen molar-refractivity contribution in [3.8, 4) is 0 Å². The van der Waals surface area contributed by atoms with Gasteiger partial charge in [-0.2, -0.15) is 0 Å². The highest BCUT2D eigenvalue weighted by Crippen LogP contribution is 2.29. The number of nitrogens with zero attached hydrogens (tertiary/aromatic N) is 2. The van der Waals surface area contributed by atoms with Gasteiger partial charge in [0, 0.05) is 19.7 Å². The van der Waals surface area contributed by atoms with Gasteiger partial charge in [-0.1, -0.05) is 20.3 Å². The van der Waals surface area contributed by atoms with E-state index in [0.717, 1.165) is 12.5 Å². The topological polar surface area (TPSA) is 83.7 Å². The number of hydrogen-bond donors (Lipinski definition) is 1. The fourth-order valence-corrected chi connectivity index (χ4v) is 1.82. The summed E-state index contributed by atoms with van der Waals surface area (Å²) in [5.74, 6) is -0.761. The number of carboxylic acid groups (broad SMARTS) is 1. The number of carboxylic acids is 1. The van der Waals surface area contributed by atoms with Gasteiger partial charge >= 0.3 is 5.97 Å². The van der Waals surface area contributed by atoms with E-state index in [-0.39, 0.29) is 11.3 Å². The maximum Gasteiger partial charge on any atom is 0.335 e. The largest absolute Gasteiger partial charge is 0.478 e. The number of carbonyl (C=O) groups is 1. The Bertz CT molecular complexity index is 488. The molecule has 0 aromatic heterocycles. The van der Waals surface area contributed by atoms with Crippen molar-refractivity contribution in [1.29, 1.82) is 0 Å². The predicted octanol–water partition coefficient (Wildman–Crippen LogP) is 2.78. The molecule has 104 valence electrons. The minimum absolute atomic E-state index is 0.0765. The van der Waals surface area contributed by atoms with Crippen molar-refractivity contribution in [3.63, 3.8) is 0 Å². The van der Waals surface area contributed by atoms with E-state index in [4.69, 9.17) is 5.11 Å². The molecule has 19 heavy (non-hydrogen) atoms. The summed E-state index contributed by atoms with van der Waals surface area (Å²) in [5.41, 5.74) is 0.188. The molecule has 0 bridgehead atoms. The van der Waals surface area contributed by atoms with E-state index >= 15 is 0 Å². The minimum atomic E-state index is -1.17. The Labute approximate surface area is 111 Å². The van der Waals surface area contributed by atoms with Crippen LogP contribution < -0.4 is 4.90 Å². The average molecular weight is 266 g/mol. The van der Waals surface area contributed by atoms with Crippen LogP contribution in [-0.4, -0.2) is 29.6 Å². The fraction of sp³-hybridized carbons (Fsp3) is 0.462. The van der Waals surface area contributed by atoms with Crippen molar-refractivity contribution >= 4 is 17.3 Å². The van der Waals surface area contributed by atoms with Crippen LogP contribution in [0.2, 0.25) is 0 Å². The van der Waals surface area contributed by atoms with Gasteiger partial charge in [0.1, 0.15) is 5.69 Å². The van der Waals surface area contributed by atoms with Crippen molar-refractivity contribution in [1.82, 2.24) is 0 Å². The zero-order valence-electron chi connectivity index (χ0n) is 11.3. The van der Waals surface area contributed by atoms with Crippen LogP contribution in [0.5, 0.6) is 0 Å². The number of benzene rings is 1. The molecule has 0 saturated heterocycles. The molecule has 0 aliphatic rings. The summed E-state index contributed by atoms with van der Waals surface area (Å²) in [6.45, 7) is 4.80. The first-order valence-electron chi connectivity index (χ1n) is 6.09. The molecule has 1 unspecified atom stereocenters. The number of nitro groups is 1. The van der Waals surface area contributed by atoms with Gasteiger partial charge < -0.3 is 10.0 Å². The van der Waals surface area contributed by atoms with E-state index < -0.39 is 10.9 Å². The molecule has 0 aliphatic heterocycles. The van der Waals surface area contributed by atoms with Crippen LogP contribution >= 0.6 is 0 Å². The fourth-order valence-electron chi connectivity index (χ4n) is 1.82. The summed E-state index contributed by atoms with van der Waals surface area (Å²) in [6, 6.07) is 3.98. The quantitative estimate of drug-likeness (QED) is 0.632. The van der Waals surface area contributed by atoms with Gasteiger partial charge in [0.05, 0.1) is 10.5 Å². The van der Waals surface area contributed by atoms with Crippen LogP contribution in [0.3, 0.4) is 0 Å². The van der Waals surface area contributed by atoms with Gasteiger partial charge in [0.2, 0.25) is 0 Å². The molecular formula is C13H18N2O4. The Morgan fingerprint density at radius 1 is 1.53 bits per heavy atom. The summed E-state index contributed by atoms with van der Waals surface area (Å²) in [7, 11) is 1.77. The average Bonchev–Trinajstić information content (AvgIpc) is 2.37. The molecule has 0 fully saturated rings. The molecule has 0 aliphatic carbocycles. The predicted molar refractivity (Wildman–Crippen MR) is 72.8 cm³/mol. The van der Waals surface area contributed by atoms with Crippen molar-refractivity contribution in [2.24, 2.45) is 5.92 Å². The number of nitro benzene ring substituents is 1. The summed E-state index contributed by atoms with van der Waals surface area (Å²) < 4.78 is 0. The van der Waals surface area contributed by atoms with Gasteiger partial charge in [-0.15, -0.1) is 0 Å². The Balaban J connectivity index is 3.12. The number of hydrogen-bond acceptors (Lipinski definition) is 4. The summed E-state index contributed by atoms with van der Waals surface area (Å²) in [5, 5.41) is 19.9. The van der Waals surface area contributed by atoms with Gasteiger partial charge in [0.15, 0.2) is 0 Å². The van der Waals surface area contributed by atoms with Crippen molar-refractivity contribution in [3.05, 3.63) is 33.9 Å². The third-order valence-corrected chi connectivity index (χ3v) is 3.11. The normalized spacial score (nSPS) is 11.9. The molecular weight excluding hydrogens is 248 g/mol. The lowest BCUT2D eigenvalue weighted by Gasteiger charge is -2.22. The smallest absolute Gasteiger partial charge is 0.335 e. The molecule has 1 rings (SSSR count). The molecule has 0 saturated carbocycles. The Morgan fingerprint density at radius 3 is 2.63 bits per heavy atom. The third kappa shape index (κ3) is 3.67. The lowest BCUT2D eigenvalue weighted by molar-refractivity contribution is -0.384. The highest BCUT2D eigenvalue weighted by atomic mass is 16.6. The second-order valence-corrected chi connectivity index (χ2v) is 4.66. The molecule has 1 aromatic rings. The summed E-state index contributed by atoms with van der Waals surface area (Å²) in [4.78, 5) is 23.1. The second kappa shape index (κ2) is 6.17. The van der Waals surface area contributed by atoms with E-state index in [1.165, 1.54) is 12.1 Å². The van der Waals surface area contributed by atoms with Crippen LogP contribution in [0.25, 0.3) is 0 Å². The highest BCUT2D eigenvalue weighted by Gasteiger charge is 2.20. The molecule has 1 N–H and O–H groups in total. The first-order valence-corrected chi connectivity index (χ1v) is 6.09. The zero-order chi connectivity index (χ0) is 14.6. The minimum Gasteiger partial charge on any atom is -0.478 e. The molecule has 0 heterocycles. The first kappa shape index (κ1) is 14.9. The Kier molecular flexibility index (Phi) is 4.86. The second-order valence-electron chi connectivity index (χ2n) is 4.66. The lowest BCUT2D eigenvalue weighted by atomic mass is 10.1. The maximum atomic E-state index is 11.0. The number of aromatic carboxylic acids is 1. The molecule has 6 heteroatoms. The van der Waals surface area contributed by atoms with E-state index in [9.17, 15) is 14.9 Å². The summed E-state index contributed by atoms with van der Waals surface area (Å²) in [6.07, 6.45) is 0.978. The van der Waals surface area contributed by atoms with E-state index in [2.05, 4.69) is 13.8 Å². The van der Waals surface area contributed by atoms with Crippen LogP contribution in [0.4, 0.5) is 11.4 Å². The highest BCUT2D eigenvalue weighted by molar-refractivity contribution is 5.89. The van der Waals surface area contributed by atoms with Crippen LogP contribution in [0.15, 0.2) is 18.2 Å². The monoisotopic (exact) mass is 266 g/mol. The first-order chi connectivity index (χ1) is 8.86. The number of anilines is 1. The van der Waals surface area contributed by atoms with E-state index in [1.54, 1.807) is 11.9 Å². The lowest BCUT2D eigenvalue weighted by Crippen LogP contribution is -2.24. The van der Waals surface area contributed by atoms with Crippen molar-refractivity contribution < 1.29 is 14.8 Å². The van der Waals surface area contributed by atoms with E-state index in [0.29, 0.717) is 18.2 Å². The Hall–Kier alpha value is -2.11. The maximum absolute atomic E-state index is 11.0. The molecule has 0 spiro atoms. The van der Waals surface area contributed by atoms with Crippen LogP contribution in [-0.2, 0) is 0 Å². The van der Waals surface area contributed by atoms with Gasteiger partial charge in [-0.25, -0.2) is 4.79 Å². The Morgan fingerprint density at radius 2 is 2.16 bits per heavy atom. The number of rotatable bonds is 6. The van der Waals surface area contributed by atoms with Gasteiger partial charge in [-0.05, 0) is 18.1 Å². The SMILES string of the molecule is CCC(C)CN(C)c1ccc(C(=O)O)cc1[N+](=O)[O-]. The van der Waals surface area contributed by atoms with Gasteiger partial charge in [-0.3, -0.25) is 10.1 Å². The molecule has 6 nitrogen and oxygen atoms in total. The zero-order valence-corrected chi connectivity index (χ0v) is 11.3. The molecule has 1 atom stereocenters. The van der Waals surface area contributed by atoms with Crippen molar-refractivity contribution in [2.75, 3.05) is 18.5 Å². The molecule has 0 amide bonds. The van der Waals surface area contributed by atoms with Crippen LogP contribution in [0.1, 0.15) is 30.6 Å². The summed E-state index contributed by atoms with van der Waals surface area (Å²) >= 11 is 0. The standard InChI is InChI=1S/C13H18N2O4/c1-4-9(2)8-14(3)11-6-5-10(13(16)17)7-12(11)15(18)19/h5-7,9H,4,8H2,1-3H3,(H,16,17). The van der Waals surface area contributed by atoms with Gasteiger partial charge in [0.25, 0.3) is 5.69 Å².